The van der Waals surface area contributed by atoms with Crippen molar-refractivity contribution in [3.63, 3.8) is 0 Å². The number of ether oxygens (including phenoxy) is 2. The molecular formula is C47H52N8O7. The van der Waals surface area contributed by atoms with Crippen molar-refractivity contribution in [1.82, 2.24) is 40.4 Å². The number of nitrogens with zero attached hydrogens (tertiary/aromatic N) is 4. The van der Waals surface area contributed by atoms with E-state index in [9.17, 15) is 24.3 Å². The molecule has 15 nitrogen and oxygen atoms in total. The van der Waals surface area contributed by atoms with E-state index in [1.165, 1.54) is 7.11 Å². The fraction of sp³-hybridized carbons (Fsp3) is 0.404. The maximum Gasteiger partial charge on any atom is 0.407 e. The van der Waals surface area contributed by atoms with Crippen LogP contribution in [0.15, 0.2) is 72.9 Å². The number of hydrogen-bond acceptors (Lipinski definition) is 8. The quantitative estimate of drug-likeness (QED) is 0.0919. The van der Waals surface area contributed by atoms with E-state index >= 15 is 0 Å². The van der Waals surface area contributed by atoms with Crippen molar-refractivity contribution in [3.8, 4) is 22.4 Å². The van der Waals surface area contributed by atoms with Gasteiger partial charge in [0.05, 0.1) is 42.1 Å². The number of carbonyl (C=O) groups excluding carboxylic acids is 3. The SMILES string of the molecule is COC(=O)N[C@H](C(=O)N1CCC[C@H]1c1nc2c(ccc3cc(-c4ccc5cc(-c6cnc([C@@H]7CCCN7C(=O)[C@@H](NC(=O)O)C7CCOCC7)[nH]6)ccc5c4)ccc32)[nH]1)C(C)C. The van der Waals surface area contributed by atoms with Crippen molar-refractivity contribution < 1.29 is 33.8 Å². The van der Waals surface area contributed by atoms with Crippen LogP contribution in [-0.4, -0.2) is 104 Å². The largest absolute Gasteiger partial charge is 0.465 e. The zero-order chi connectivity index (χ0) is 43.1. The molecule has 9 rings (SSSR count). The predicted octanol–water partition coefficient (Wildman–Crippen LogP) is 7.70. The number of fused-ring (bicyclic) bond motifs is 4. The lowest BCUT2D eigenvalue weighted by Gasteiger charge is -2.33. The van der Waals surface area contributed by atoms with E-state index in [2.05, 4.69) is 81.3 Å². The Morgan fingerprint density at radius 2 is 1.40 bits per heavy atom. The fourth-order valence-corrected chi connectivity index (χ4v) is 9.65. The molecule has 4 aromatic carbocycles. The lowest BCUT2D eigenvalue weighted by atomic mass is 9.90. The molecule has 322 valence electrons. The molecule has 5 N–H and O–H groups in total. The standard InChI is InChI=1S/C47H52N8O7/c1-26(2)39(53-47(60)61-3)44(56)55-19-5-7-38(55)43-49-35-15-13-32-23-31(12-14-34(32)41(35)51-43)28-8-9-30-24-33(11-10-29(30)22-28)36-25-48-42(50-36)37-6-4-18-54(37)45(57)40(52-46(58)59)27-16-20-62-21-17-27/h8-15,22-27,37-40,52H,4-7,16-21H2,1-3H3,(H,48,50)(H,49,51)(H,53,60)(H,58,59)/t37-,38-,39-,40-/m0/s1. The summed E-state index contributed by atoms with van der Waals surface area (Å²) in [6.07, 6.45) is 4.42. The van der Waals surface area contributed by atoms with Gasteiger partial charge in [0.25, 0.3) is 0 Å². The van der Waals surface area contributed by atoms with Gasteiger partial charge in [0.2, 0.25) is 11.8 Å². The molecule has 62 heavy (non-hydrogen) atoms. The van der Waals surface area contributed by atoms with Gasteiger partial charge in [-0.3, -0.25) is 9.59 Å². The van der Waals surface area contributed by atoms with Crippen LogP contribution in [0, 0.1) is 11.8 Å². The molecule has 3 fully saturated rings. The number of alkyl carbamates (subject to hydrolysis) is 1. The Balaban J connectivity index is 0.918. The second-order valence-corrected chi connectivity index (χ2v) is 17.1. The molecule has 0 unspecified atom stereocenters. The second kappa shape index (κ2) is 17.1. The van der Waals surface area contributed by atoms with Crippen LogP contribution < -0.4 is 10.6 Å². The van der Waals surface area contributed by atoms with Crippen LogP contribution in [0.1, 0.15) is 76.1 Å². The lowest BCUT2D eigenvalue weighted by molar-refractivity contribution is -0.137. The first-order valence-electron chi connectivity index (χ1n) is 21.6. The molecule has 0 aliphatic carbocycles. The summed E-state index contributed by atoms with van der Waals surface area (Å²) in [6.45, 7) is 5.98. The summed E-state index contributed by atoms with van der Waals surface area (Å²) in [5.41, 5.74) is 5.74. The van der Waals surface area contributed by atoms with Crippen LogP contribution in [-0.2, 0) is 19.1 Å². The summed E-state index contributed by atoms with van der Waals surface area (Å²) in [4.78, 5) is 71.7. The third-order valence-electron chi connectivity index (χ3n) is 12.9. The monoisotopic (exact) mass is 840 g/mol. The van der Waals surface area contributed by atoms with Crippen LogP contribution in [0.25, 0.3) is 55.0 Å². The van der Waals surface area contributed by atoms with E-state index in [-0.39, 0.29) is 35.7 Å². The van der Waals surface area contributed by atoms with E-state index in [1.54, 1.807) is 4.90 Å². The molecule has 4 atom stereocenters. The molecule has 0 bridgehead atoms. The Kier molecular flexibility index (Phi) is 11.3. The Hall–Kier alpha value is -6.48. The highest BCUT2D eigenvalue weighted by Crippen LogP contribution is 2.37. The molecular weight excluding hydrogens is 789 g/mol. The van der Waals surface area contributed by atoms with E-state index in [1.807, 2.05) is 31.0 Å². The minimum atomic E-state index is -1.20. The smallest absolute Gasteiger partial charge is 0.407 e. The van der Waals surface area contributed by atoms with Crippen LogP contribution >= 0.6 is 0 Å². The molecule has 2 aromatic heterocycles. The van der Waals surface area contributed by atoms with Gasteiger partial charge in [-0.2, -0.15) is 0 Å². The number of amides is 4. The molecule has 3 aliphatic rings. The molecule has 15 heteroatoms. The van der Waals surface area contributed by atoms with Crippen molar-refractivity contribution in [2.45, 2.75) is 76.5 Å². The van der Waals surface area contributed by atoms with E-state index in [0.29, 0.717) is 45.0 Å². The number of benzene rings is 4. The maximum atomic E-state index is 13.9. The van der Waals surface area contributed by atoms with Gasteiger partial charge < -0.3 is 45.0 Å². The number of methoxy groups -OCH3 is 1. The molecule has 0 spiro atoms. The lowest BCUT2D eigenvalue weighted by Crippen LogP contribution is -2.52. The van der Waals surface area contributed by atoms with Crippen LogP contribution in [0.5, 0.6) is 0 Å². The second-order valence-electron chi connectivity index (χ2n) is 17.1. The maximum absolute atomic E-state index is 13.9. The van der Waals surface area contributed by atoms with Gasteiger partial charge in [-0.1, -0.05) is 56.3 Å². The first-order chi connectivity index (χ1) is 30.1. The van der Waals surface area contributed by atoms with Gasteiger partial charge in [-0.05, 0) is 102 Å². The number of imidazole rings is 2. The fourth-order valence-electron chi connectivity index (χ4n) is 9.65. The highest BCUT2D eigenvalue weighted by molar-refractivity contribution is 6.06. The summed E-state index contributed by atoms with van der Waals surface area (Å²) < 4.78 is 10.3. The van der Waals surface area contributed by atoms with Gasteiger partial charge in [0, 0.05) is 37.3 Å². The van der Waals surface area contributed by atoms with Crippen molar-refractivity contribution in [1.29, 1.82) is 0 Å². The van der Waals surface area contributed by atoms with Crippen molar-refractivity contribution in [2.75, 3.05) is 33.4 Å². The zero-order valence-electron chi connectivity index (χ0n) is 35.1. The summed E-state index contributed by atoms with van der Waals surface area (Å²) in [7, 11) is 1.29. The highest BCUT2D eigenvalue weighted by Gasteiger charge is 2.40. The number of likely N-dealkylation sites (tertiary alicyclic amines) is 2. The number of nitrogens with one attached hydrogen (secondary N) is 4. The van der Waals surface area contributed by atoms with Crippen LogP contribution in [0.3, 0.4) is 0 Å². The van der Waals surface area contributed by atoms with Crippen LogP contribution in [0.4, 0.5) is 9.59 Å². The summed E-state index contributed by atoms with van der Waals surface area (Å²) in [5.74, 6) is 0.868. The third kappa shape index (κ3) is 7.92. The van der Waals surface area contributed by atoms with Crippen molar-refractivity contribution in [3.05, 3.63) is 84.6 Å². The summed E-state index contributed by atoms with van der Waals surface area (Å²) in [6, 6.07) is 21.3. The Morgan fingerprint density at radius 1 is 0.774 bits per heavy atom. The van der Waals surface area contributed by atoms with Crippen molar-refractivity contribution >= 4 is 56.6 Å². The average Bonchev–Trinajstić information content (AvgIpc) is 4.13. The predicted molar refractivity (Wildman–Crippen MR) is 234 cm³/mol. The van der Waals surface area contributed by atoms with E-state index in [0.717, 1.165) is 86.5 Å². The number of H-pyrrole nitrogens is 2. The minimum Gasteiger partial charge on any atom is -0.465 e. The molecule has 6 aromatic rings. The first kappa shape index (κ1) is 40.9. The van der Waals surface area contributed by atoms with Crippen LogP contribution in [0.2, 0.25) is 0 Å². The number of hydrogen-bond donors (Lipinski definition) is 5. The number of aromatic amines is 2. The Labute approximate surface area is 358 Å². The van der Waals surface area contributed by atoms with Gasteiger partial charge in [0.1, 0.15) is 23.7 Å². The van der Waals surface area contributed by atoms with Crippen molar-refractivity contribution in [2.24, 2.45) is 11.8 Å². The third-order valence-corrected chi connectivity index (χ3v) is 12.9. The molecule has 5 heterocycles. The average molecular weight is 841 g/mol. The molecule has 0 saturated carbocycles. The first-order valence-corrected chi connectivity index (χ1v) is 21.6. The number of carbonyl (C=O) groups is 4. The highest BCUT2D eigenvalue weighted by atomic mass is 16.5. The van der Waals surface area contributed by atoms with Gasteiger partial charge in [0.15, 0.2) is 0 Å². The molecule has 3 saturated heterocycles. The minimum absolute atomic E-state index is 0.111. The summed E-state index contributed by atoms with van der Waals surface area (Å²) in [5, 5.41) is 19.0. The Morgan fingerprint density at radius 3 is 2.10 bits per heavy atom. The normalized spacial score (nSPS) is 19.4. The number of aromatic nitrogens is 4. The Bertz CT molecular complexity index is 2670. The molecule has 4 amide bonds. The topological polar surface area (TPSA) is 195 Å². The molecule has 3 aliphatic heterocycles. The van der Waals surface area contributed by atoms with E-state index < -0.39 is 24.3 Å². The molecule has 0 radical (unpaired) electrons. The van der Waals surface area contributed by atoms with E-state index in [4.69, 9.17) is 19.4 Å². The number of carboxylic acid groups (broad SMARTS) is 1. The van der Waals surface area contributed by atoms with Gasteiger partial charge >= 0.3 is 12.2 Å². The summed E-state index contributed by atoms with van der Waals surface area (Å²) >= 11 is 0. The zero-order valence-corrected chi connectivity index (χ0v) is 35.1. The van der Waals surface area contributed by atoms with Gasteiger partial charge in [-0.15, -0.1) is 0 Å². The van der Waals surface area contributed by atoms with Gasteiger partial charge in [-0.25, -0.2) is 19.6 Å². The number of rotatable bonds is 10.